The summed E-state index contributed by atoms with van der Waals surface area (Å²) in [6.45, 7) is 3.43. The Morgan fingerprint density at radius 2 is 2.00 bits per heavy atom. The maximum Gasteiger partial charge on any atom is 0.507 e. The number of fused-ring (bicyclic) bond motifs is 1. The number of hydrogen-bond acceptors (Lipinski definition) is 7. The van der Waals surface area contributed by atoms with Gasteiger partial charge in [-0.05, 0) is 36.7 Å². The van der Waals surface area contributed by atoms with Crippen molar-refractivity contribution < 1.29 is 29.3 Å². The van der Waals surface area contributed by atoms with Crippen LogP contribution in [0.5, 0.6) is 0 Å². The third kappa shape index (κ3) is 4.09. The van der Waals surface area contributed by atoms with Crippen LogP contribution < -0.4 is 0 Å². The van der Waals surface area contributed by atoms with E-state index in [4.69, 9.17) is 19.7 Å². The average Bonchev–Trinajstić information content (AvgIpc) is 2.93. The standard InChI is InChI=1S/C15H17NO6S2/c1-3-11(21-13(17)18)15(4-2,22-14(19)20)24-12-16-9-7-5-6-8-10(9)23-12/h5-8,11H,3-4H2,1-2H3,(H,17,18)(H,19,20). The fraction of sp³-hybridized carbons (Fsp3) is 0.400. The van der Waals surface area contributed by atoms with E-state index in [0.717, 1.165) is 22.0 Å². The zero-order valence-corrected chi connectivity index (χ0v) is 14.7. The molecule has 130 valence electrons. The highest BCUT2D eigenvalue weighted by molar-refractivity contribution is 8.02. The van der Waals surface area contributed by atoms with Crippen molar-refractivity contribution in [2.24, 2.45) is 0 Å². The Morgan fingerprint density at radius 3 is 2.54 bits per heavy atom. The fourth-order valence-electron chi connectivity index (χ4n) is 2.32. The van der Waals surface area contributed by atoms with Gasteiger partial charge in [0.2, 0.25) is 4.93 Å². The van der Waals surface area contributed by atoms with Gasteiger partial charge in [-0.25, -0.2) is 14.6 Å². The Kier molecular flexibility index (Phi) is 5.89. The van der Waals surface area contributed by atoms with Crippen LogP contribution in [-0.2, 0) is 9.47 Å². The number of hydrogen-bond donors (Lipinski definition) is 2. The maximum absolute atomic E-state index is 11.2. The molecule has 0 aliphatic carbocycles. The first-order valence-electron chi connectivity index (χ1n) is 7.26. The Balaban J connectivity index is 2.39. The van der Waals surface area contributed by atoms with Gasteiger partial charge in [-0.15, -0.1) is 11.3 Å². The van der Waals surface area contributed by atoms with Crippen molar-refractivity contribution in [1.29, 1.82) is 0 Å². The molecule has 1 heterocycles. The number of carboxylic acid groups (broad SMARTS) is 2. The van der Waals surface area contributed by atoms with Gasteiger partial charge in [0.1, 0.15) is 0 Å². The SMILES string of the molecule is CCC(OC(=O)O)C(CC)(OC(=O)O)Sc1nc2ccccc2s1. The molecule has 0 bridgehead atoms. The van der Waals surface area contributed by atoms with Crippen LogP contribution in [0.25, 0.3) is 10.2 Å². The number of carbonyl (C=O) groups is 2. The minimum absolute atomic E-state index is 0.228. The Labute approximate surface area is 146 Å². The summed E-state index contributed by atoms with van der Waals surface area (Å²) in [5, 5.41) is 18.1. The molecule has 7 nitrogen and oxygen atoms in total. The normalized spacial score (nSPS) is 14.8. The lowest BCUT2D eigenvalue weighted by molar-refractivity contribution is -0.0607. The summed E-state index contributed by atoms with van der Waals surface area (Å²) >= 11 is 2.47. The topological polar surface area (TPSA) is 106 Å². The van der Waals surface area contributed by atoms with E-state index in [0.29, 0.717) is 4.34 Å². The second-order valence-electron chi connectivity index (χ2n) is 4.86. The first kappa shape index (κ1) is 18.3. The van der Waals surface area contributed by atoms with Crippen LogP contribution in [0.1, 0.15) is 26.7 Å². The van der Waals surface area contributed by atoms with Gasteiger partial charge < -0.3 is 19.7 Å². The van der Waals surface area contributed by atoms with E-state index in [1.165, 1.54) is 11.3 Å². The summed E-state index contributed by atoms with van der Waals surface area (Å²) in [6.07, 6.45) is -3.42. The van der Waals surface area contributed by atoms with E-state index in [2.05, 4.69) is 4.98 Å². The lowest BCUT2D eigenvalue weighted by atomic mass is 10.1. The van der Waals surface area contributed by atoms with Crippen molar-refractivity contribution in [3.05, 3.63) is 24.3 Å². The van der Waals surface area contributed by atoms with Crippen LogP contribution in [0.4, 0.5) is 9.59 Å². The van der Waals surface area contributed by atoms with Gasteiger partial charge in [0.25, 0.3) is 0 Å². The molecule has 0 aliphatic heterocycles. The summed E-state index contributed by atoms with van der Waals surface area (Å²) < 4.78 is 11.5. The minimum Gasteiger partial charge on any atom is -0.450 e. The Hall–Kier alpha value is -2.00. The molecule has 2 unspecified atom stereocenters. The van der Waals surface area contributed by atoms with Crippen molar-refractivity contribution in [3.8, 4) is 0 Å². The third-order valence-electron chi connectivity index (χ3n) is 3.39. The third-order valence-corrected chi connectivity index (χ3v) is 5.97. The number of nitrogens with zero attached hydrogens (tertiary/aromatic N) is 1. The molecule has 1 aromatic heterocycles. The van der Waals surface area contributed by atoms with Gasteiger partial charge in [-0.2, -0.15) is 0 Å². The van der Waals surface area contributed by atoms with Crippen LogP contribution in [0.2, 0.25) is 0 Å². The number of aromatic nitrogens is 1. The highest BCUT2D eigenvalue weighted by Gasteiger charge is 2.45. The largest absolute Gasteiger partial charge is 0.507 e. The molecule has 24 heavy (non-hydrogen) atoms. The van der Waals surface area contributed by atoms with Gasteiger partial charge in [0, 0.05) is 0 Å². The van der Waals surface area contributed by atoms with E-state index in [9.17, 15) is 9.59 Å². The highest BCUT2D eigenvalue weighted by atomic mass is 32.2. The molecular weight excluding hydrogens is 354 g/mol. The van der Waals surface area contributed by atoms with Crippen molar-refractivity contribution in [2.75, 3.05) is 0 Å². The molecule has 0 aliphatic rings. The van der Waals surface area contributed by atoms with Crippen molar-refractivity contribution in [2.45, 2.75) is 42.1 Å². The molecule has 2 atom stereocenters. The molecule has 0 amide bonds. The molecular formula is C15H17NO6S2. The molecule has 0 spiro atoms. The molecule has 0 saturated heterocycles. The molecule has 0 fully saturated rings. The lowest BCUT2D eigenvalue weighted by Gasteiger charge is -2.35. The van der Waals surface area contributed by atoms with Crippen molar-refractivity contribution >= 4 is 45.6 Å². The summed E-state index contributed by atoms with van der Waals surface area (Å²) in [4.78, 5) is 25.2. The van der Waals surface area contributed by atoms with E-state index >= 15 is 0 Å². The van der Waals surface area contributed by atoms with Gasteiger partial charge in [0.05, 0.1) is 10.2 Å². The fourth-order valence-corrected chi connectivity index (χ4v) is 4.92. The molecule has 2 aromatic rings. The van der Waals surface area contributed by atoms with E-state index in [1.54, 1.807) is 13.8 Å². The van der Waals surface area contributed by atoms with E-state index < -0.39 is 23.3 Å². The van der Waals surface area contributed by atoms with Crippen molar-refractivity contribution in [3.63, 3.8) is 0 Å². The summed E-state index contributed by atoms with van der Waals surface area (Å²) in [7, 11) is 0. The van der Waals surface area contributed by atoms with Crippen molar-refractivity contribution in [1.82, 2.24) is 4.98 Å². The van der Waals surface area contributed by atoms with Gasteiger partial charge in [0.15, 0.2) is 10.4 Å². The van der Waals surface area contributed by atoms with Gasteiger partial charge >= 0.3 is 12.3 Å². The number of para-hydroxylation sites is 1. The molecule has 2 N–H and O–H groups in total. The van der Waals surface area contributed by atoms with E-state index in [1.807, 2.05) is 24.3 Å². The Bertz CT molecular complexity index is 701. The zero-order valence-electron chi connectivity index (χ0n) is 13.1. The smallest absolute Gasteiger partial charge is 0.450 e. The zero-order chi connectivity index (χ0) is 17.7. The monoisotopic (exact) mass is 371 g/mol. The minimum atomic E-state index is -1.49. The highest BCUT2D eigenvalue weighted by Crippen LogP contribution is 2.44. The second-order valence-corrected chi connectivity index (χ2v) is 7.43. The maximum atomic E-state index is 11.2. The summed E-state index contributed by atoms with van der Waals surface area (Å²) in [5.41, 5.74) is 0.789. The van der Waals surface area contributed by atoms with E-state index in [-0.39, 0.29) is 12.8 Å². The van der Waals surface area contributed by atoms with Crippen LogP contribution in [0.3, 0.4) is 0 Å². The first-order chi connectivity index (χ1) is 11.4. The molecule has 0 saturated carbocycles. The number of thiazole rings is 1. The lowest BCUT2D eigenvalue weighted by Crippen LogP contribution is -2.45. The predicted octanol–water partition coefficient (Wildman–Crippen LogP) is 4.66. The van der Waals surface area contributed by atoms with Crippen LogP contribution in [0.15, 0.2) is 28.6 Å². The Morgan fingerprint density at radius 1 is 1.29 bits per heavy atom. The molecule has 9 heteroatoms. The van der Waals surface area contributed by atoms with Crippen LogP contribution in [-0.4, -0.2) is 38.5 Å². The molecule has 1 aromatic carbocycles. The van der Waals surface area contributed by atoms with Crippen LogP contribution in [0, 0.1) is 0 Å². The first-order valence-corrected chi connectivity index (χ1v) is 8.89. The number of benzene rings is 1. The van der Waals surface area contributed by atoms with Gasteiger partial charge in [-0.1, -0.05) is 26.0 Å². The van der Waals surface area contributed by atoms with Gasteiger partial charge in [-0.3, -0.25) is 0 Å². The number of rotatable bonds is 7. The average molecular weight is 371 g/mol. The molecule has 0 radical (unpaired) electrons. The quantitative estimate of drug-likeness (QED) is 0.411. The van der Waals surface area contributed by atoms with Crippen LogP contribution >= 0.6 is 23.1 Å². The predicted molar refractivity (Wildman–Crippen MR) is 90.8 cm³/mol. The summed E-state index contributed by atoms with van der Waals surface area (Å²) in [6, 6.07) is 7.51. The number of thioether (sulfide) groups is 1. The second kappa shape index (κ2) is 7.71. The molecule has 2 rings (SSSR count). The number of ether oxygens (including phenoxy) is 2. The summed E-state index contributed by atoms with van der Waals surface area (Å²) in [5.74, 6) is 0.